The molecule has 6 heteroatoms. The van der Waals surface area contributed by atoms with Crippen LogP contribution in [-0.2, 0) is 17.7 Å². The number of aromatic nitrogens is 2. The van der Waals surface area contributed by atoms with Crippen LogP contribution in [0.5, 0.6) is 0 Å². The fourth-order valence-electron chi connectivity index (χ4n) is 2.64. The second-order valence-electron chi connectivity index (χ2n) is 6.10. The van der Waals surface area contributed by atoms with Crippen molar-refractivity contribution in [3.05, 3.63) is 49.1 Å². The standard InChI is InChI=1S/C18H25N2O3P/c1-2-10-19-12-6-17(7-13-19)18-8-14-20(15-9-18)11-4-3-5-16-24(21,22)23/h6-9,12-15H,2-5,10-11,16H2,1H3/p+2. The Bertz CT molecular complexity index is 666. The Balaban J connectivity index is 1.83. The number of rotatable bonds is 9. The van der Waals surface area contributed by atoms with E-state index in [1.807, 2.05) is 0 Å². The van der Waals surface area contributed by atoms with Crippen LogP contribution in [0.4, 0.5) is 0 Å². The maximum atomic E-state index is 10.8. The molecule has 2 aromatic heterocycles. The van der Waals surface area contributed by atoms with Gasteiger partial charge in [-0.05, 0) is 24.0 Å². The molecule has 0 bridgehead atoms. The van der Waals surface area contributed by atoms with Crippen LogP contribution in [0.25, 0.3) is 11.1 Å². The summed E-state index contributed by atoms with van der Waals surface area (Å²) in [6, 6.07) is 8.49. The molecule has 0 spiro atoms. The van der Waals surface area contributed by atoms with Crippen molar-refractivity contribution >= 4 is 7.60 Å². The number of hydrogen-bond donors (Lipinski definition) is 2. The van der Waals surface area contributed by atoms with E-state index in [0.717, 1.165) is 32.4 Å². The molecule has 24 heavy (non-hydrogen) atoms. The lowest BCUT2D eigenvalue weighted by Crippen LogP contribution is -2.32. The van der Waals surface area contributed by atoms with E-state index in [1.165, 1.54) is 11.1 Å². The summed E-state index contributed by atoms with van der Waals surface area (Å²) in [6.07, 6.45) is 11.8. The van der Waals surface area contributed by atoms with E-state index in [-0.39, 0.29) is 6.16 Å². The van der Waals surface area contributed by atoms with Crippen molar-refractivity contribution in [3.8, 4) is 11.1 Å². The van der Waals surface area contributed by atoms with Crippen LogP contribution in [0, 0.1) is 0 Å². The first-order valence-electron chi connectivity index (χ1n) is 8.51. The number of unbranched alkanes of at least 4 members (excludes halogenated alkanes) is 2. The van der Waals surface area contributed by atoms with Gasteiger partial charge in [0.15, 0.2) is 24.8 Å². The van der Waals surface area contributed by atoms with Gasteiger partial charge in [-0.15, -0.1) is 0 Å². The van der Waals surface area contributed by atoms with Gasteiger partial charge >= 0.3 is 7.60 Å². The van der Waals surface area contributed by atoms with Crippen LogP contribution in [0.3, 0.4) is 0 Å². The lowest BCUT2D eigenvalue weighted by atomic mass is 10.1. The van der Waals surface area contributed by atoms with Gasteiger partial charge in [0, 0.05) is 43.3 Å². The molecule has 0 aromatic carbocycles. The largest absolute Gasteiger partial charge is 0.325 e. The normalized spacial score (nSPS) is 11.6. The molecular formula is C18H27N2O3P+2. The predicted octanol–water partition coefficient (Wildman–Crippen LogP) is 2.69. The second-order valence-corrected chi connectivity index (χ2v) is 7.87. The highest BCUT2D eigenvalue weighted by molar-refractivity contribution is 7.51. The first kappa shape index (κ1) is 18.8. The van der Waals surface area contributed by atoms with Gasteiger partial charge < -0.3 is 9.79 Å². The van der Waals surface area contributed by atoms with Crippen molar-refractivity contribution in [1.82, 2.24) is 0 Å². The number of pyridine rings is 2. The molecule has 0 unspecified atom stereocenters. The molecule has 0 amide bonds. The van der Waals surface area contributed by atoms with Gasteiger partial charge in [0.05, 0.1) is 0 Å². The molecule has 0 radical (unpaired) electrons. The van der Waals surface area contributed by atoms with Crippen LogP contribution in [-0.4, -0.2) is 15.9 Å². The Kier molecular flexibility index (Phi) is 7.10. The smallest absolute Gasteiger partial charge is 0.324 e. The van der Waals surface area contributed by atoms with Crippen LogP contribution >= 0.6 is 7.60 Å². The summed E-state index contributed by atoms with van der Waals surface area (Å²) in [5.74, 6) is 0. The molecule has 0 atom stereocenters. The van der Waals surface area contributed by atoms with E-state index in [1.54, 1.807) is 0 Å². The van der Waals surface area contributed by atoms with Crippen molar-refractivity contribution in [2.45, 2.75) is 45.7 Å². The number of hydrogen-bond acceptors (Lipinski definition) is 1. The summed E-state index contributed by atoms with van der Waals surface area (Å²) in [5, 5.41) is 0. The van der Waals surface area contributed by atoms with E-state index < -0.39 is 7.60 Å². The maximum Gasteiger partial charge on any atom is 0.325 e. The minimum absolute atomic E-state index is 0.0113. The molecular weight excluding hydrogens is 323 g/mol. The molecule has 5 nitrogen and oxygen atoms in total. The quantitative estimate of drug-likeness (QED) is 0.415. The third kappa shape index (κ3) is 6.52. The molecule has 0 saturated heterocycles. The Hall–Kier alpha value is -1.55. The molecule has 0 aliphatic heterocycles. The minimum atomic E-state index is -3.84. The van der Waals surface area contributed by atoms with Gasteiger partial charge in [-0.2, -0.15) is 0 Å². The van der Waals surface area contributed by atoms with Gasteiger partial charge in [-0.3, -0.25) is 4.57 Å². The molecule has 2 rings (SSSR count). The topological polar surface area (TPSA) is 65.3 Å². The summed E-state index contributed by atoms with van der Waals surface area (Å²) in [5.41, 5.74) is 2.40. The van der Waals surface area contributed by atoms with Crippen LogP contribution in [0.1, 0.15) is 32.6 Å². The summed E-state index contributed by atoms with van der Waals surface area (Å²) in [7, 11) is -3.84. The number of nitrogens with zero attached hydrogens (tertiary/aromatic N) is 2. The van der Waals surface area contributed by atoms with Crippen LogP contribution in [0.15, 0.2) is 49.1 Å². The lowest BCUT2D eigenvalue weighted by molar-refractivity contribution is -0.697. The minimum Gasteiger partial charge on any atom is -0.324 e. The Labute approximate surface area is 143 Å². The highest BCUT2D eigenvalue weighted by Crippen LogP contribution is 2.35. The summed E-state index contributed by atoms with van der Waals surface area (Å²) in [6.45, 7) is 4.08. The van der Waals surface area contributed by atoms with E-state index in [4.69, 9.17) is 9.79 Å². The maximum absolute atomic E-state index is 10.8. The molecule has 0 aliphatic carbocycles. The van der Waals surface area contributed by atoms with Gasteiger partial charge in [0.25, 0.3) is 0 Å². The molecule has 0 saturated carbocycles. The lowest BCUT2D eigenvalue weighted by Gasteiger charge is -2.03. The van der Waals surface area contributed by atoms with Crippen molar-refractivity contribution in [2.75, 3.05) is 6.16 Å². The van der Waals surface area contributed by atoms with E-state index in [2.05, 4.69) is 65.1 Å². The van der Waals surface area contributed by atoms with Crippen molar-refractivity contribution < 1.29 is 23.5 Å². The van der Waals surface area contributed by atoms with Gasteiger partial charge in [-0.1, -0.05) is 6.92 Å². The first-order valence-corrected chi connectivity index (χ1v) is 10.3. The number of aryl methyl sites for hydroxylation is 2. The van der Waals surface area contributed by atoms with E-state index in [0.29, 0.717) is 6.42 Å². The second kappa shape index (κ2) is 9.07. The van der Waals surface area contributed by atoms with Crippen molar-refractivity contribution in [1.29, 1.82) is 0 Å². The third-order valence-corrected chi connectivity index (χ3v) is 4.86. The van der Waals surface area contributed by atoms with Crippen molar-refractivity contribution in [3.63, 3.8) is 0 Å². The van der Waals surface area contributed by atoms with E-state index in [9.17, 15) is 4.57 Å². The average Bonchev–Trinajstić information content (AvgIpc) is 2.55. The zero-order valence-corrected chi connectivity index (χ0v) is 15.1. The molecule has 2 N–H and O–H groups in total. The fraction of sp³-hybridized carbons (Fsp3) is 0.444. The van der Waals surface area contributed by atoms with Crippen LogP contribution < -0.4 is 9.13 Å². The van der Waals surface area contributed by atoms with Gasteiger partial charge in [0.2, 0.25) is 0 Å². The molecule has 130 valence electrons. The Morgan fingerprint density at radius 1 is 0.833 bits per heavy atom. The average molecular weight is 350 g/mol. The summed E-state index contributed by atoms with van der Waals surface area (Å²) in [4.78, 5) is 17.6. The fourth-order valence-corrected chi connectivity index (χ4v) is 3.28. The molecule has 2 aromatic rings. The molecule has 0 aliphatic rings. The summed E-state index contributed by atoms with van der Waals surface area (Å²) >= 11 is 0. The highest BCUT2D eigenvalue weighted by Gasteiger charge is 2.11. The molecule has 0 fully saturated rings. The Morgan fingerprint density at radius 3 is 1.79 bits per heavy atom. The zero-order chi connectivity index (χ0) is 17.4. The zero-order valence-electron chi connectivity index (χ0n) is 14.2. The first-order chi connectivity index (χ1) is 11.5. The van der Waals surface area contributed by atoms with Crippen LogP contribution in [0.2, 0.25) is 0 Å². The van der Waals surface area contributed by atoms with Gasteiger partial charge in [-0.25, -0.2) is 9.13 Å². The van der Waals surface area contributed by atoms with E-state index >= 15 is 0 Å². The third-order valence-electron chi connectivity index (χ3n) is 3.96. The van der Waals surface area contributed by atoms with Crippen molar-refractivity contribution in [2.24, 2.45) is 0 Å². The van der Waals surface area contributed by atoms with Gasteiger partial charge in [0.1, 0.15) is 13.1 Å². The molecule has 2 heterocycles. The predicted molar refractivity (Wildman–Crippen MR) is 93.3 cm³/mol. The monoisotopic (exact) mass is 350 g/mol. The SMILES string of the molecule is CCC[n+]1ccc(-c2cc[n+](CCCCCP(=O)(O)O)cc2)cc1. The summed E-state index contributed by atoms with van der Waals surface area (Å²) < 4.78 is 15.1. The highest BCUT2D eigenvalue weighted by atomic mass is 31.2. The Morgan fingerprint density at radius 2 is 1.33 bits per heavy atom.